The molecule has 2 aromatic rings. The van der Waals surface area contributed by atoms with E-state index in [4.69, 9.17) is 9.47 Å². The summed E-state index contributed by atoms with van der Waals surface area (Å²) in [5, 5.41) is 2.75. The van der Waals surface area contributed by atoms with Gasteiger partial charge in [-0.1, -0.05) is 6.07 Å². The maximum absolute atomic E-state index is 12.5. The van der Waals surface area contributed by atoms with E-state index >= 15 is 0 Å². The molecule has 2 N–H and O–H groups in total. The fourth-order valence-corrected chi connectivity index (χ4v) is 3.97. The summed E-state index contributed by atoms with van der Waals surface area (Å²) in [4.78, 5) is 12.6. The van der Waals surface area contributed by atoms with Gasteiger partial charge < -0.3 is 14.8 Å². The van der Waals surface area contributed by atoms with Crippen LogP contribution in [0.25, 0.3) is 0 Å². The monoisotopic (exact) mass is 374 g/mol. The molecular weight excluding hydrogens is 356 g/mol. The van der Waals surface area contributed by atoms with E-state index in [1.807, 2.05) is 0 Å². The topological polar surface area (TPSA) is 93.7 Å². The highest BCUT2D eigenvalue weighted by Crippen LogP contribution is 2.32. The molecule has 1 fully saturated rings. The van der Waals surface area contributed by atoms with Crippen molar-refractivity contribution in [3.8, 4) is 11.5 Å². The van der Waals surface area contributed by atoms with Gasteiger partial charge in [0.2, 0.25) is 10.0 Å². The van der Waals surface area contributed by atoms with Crippen molar-refractivity contribution in [3.63, 3.8) is 0 Å². The maximum Gasteiger partial charge on any atom is 0.255 e. The zero-order valence-electron chi connectivity index (χ0n) is 13.9. The Morgan fingerprint density at radius 3 is 2.54 bits per heavy atom. The van der Waals surface area contributed by atoms with E-state index in [9.17, 15) is 13.2 Å². The van der Waals surface area contributed by atoms with Crippen molar-refractivity contribution in [1.82, 2.24) is 4.72 Å². The van der Waals surface area contributed by atoms with Crippen LogP contribution in [-0.2, 0) is 10.0 Å². The van der Waals surface area contributed by atoms with Crippen LogP contribution in [0.4, 0.5) is 5.69 Å². The third-order valence-corrected chi connectivity index (χ3v) is 5.62. The molecule has 0 spiro atoms. The summed E-state index contributed by atoms with van der Waals surface area (Å²) >= 11 is 0. The molecule has 2 aromatic carbocycles. The van der Waals surface area contributed by atoms with Gasteiger partial charge in [-0.2, -0.15) is 0 Å². The fraction of sp³-hybridized carbons (Fsp3) is 0.278. The van der Waals surface area contributed by atoms with Crippen molar-refractivity contribution >= 4 is 21.6 Å². The highest BCUT2D eigenvalue weighted by atomic mass is 32.2. The molecule has 2 aliphatic rings. The van der Waals surface area contributed by atoms with E-state index in [1.165, 1.54) is 12.1 Å². The van der Waals surface area contributed by atoms with Crippen molar-refractivity contribution < 1.29 is 22.7 Å². The predicted molar refractivity (Wildman–Crippen MR) is 95.2 cm³/mol. The van der Waals surface area contributed by atoms with Gasteiger partial charge in [-0.25, -0.2) is 13.1 Å². The molecule has 1 saturated carbocycles. The first kappa shape index (κ1) is 16.9. The summed E-state index contributed by atoms with van der Waals surface area (Å²) in [6.07, 6.45) is 1.70. The van der Waals surface area contributed by atoms with Gasteiger partial charge in [0.15, 0.2) is 11.5 Å². The summed E-state index contributed by atoms with van der Waals surface area (Å²) in [7, 11) is -3.60. The molecule has 0 bridgehead atoms. The number of ether oxygens (including phenoxy) is 2. The number of hydrogen-bond acceptors (Lipinski definition) is 5. The predicted octanol–water partition coefficient (Wildman–Crippen LogP) is 2.15. The number of anilines is 1. The lowest BCUT2D eigenvalue weighted by Gasteiger charge is -2.19. The van der Waals surface area contributed by atoms with Gasteiger partial charge in [-0.3, -0.25) is 4.79 Å². The quantitative estimate of drug-likeness (QED) is 0.836. The van der Waals surface area contributed by atoms with E-state index in [2.05, 4.69) is 10.0 Å². The average molecular weight is 374 g/mol. The Kier molecular flexibility index (Phi) is 4.29. The van der Waals surface area contributed by atoms with Crippen LogP contribution in [0.5, 0.6) is 11.5 Å². The van der Waals surface area contributed by atoms with Crippen LogP contribution >= 0.6 is 0 Å². The summed E-state index contributed by atoms with van der Waals surface area (Å²) in [5.41, 5.74) is 0.808. The van der Waals surface area contributed by atoms with Gasteiger partial charge in [0, 0.05) is 23.4 Å². The Hall–Kier alpha value is -2.58. The molecule has 0 aromatic heterocycles. The number of benzene rings is 2. The summed E-state index contributed by atoms with van der Waals surface area (Å²) in [5.74, 6) is 0.803. The normalized spacial score (nSPS) is 16.2. The van der Waals surface area contributed by atoms with Crippen LogP contribution < -0.4 is 19.5 Å². The molecule has 0 saturated heterocycles. The van der Waals surface area contributed by atoms with Gasteiger partial charge in [-0.15, -0.1) is 0 Å². The molecular formula is C18H18N2O5S. The smallest absolute Gasteiger partial charge is 0.255 e. The minimum absolute atomic E-state index is 0.00944. The number of sulfonamides is 1. The molecule has 0 radical (unpaired) electrons. The van der Waals surface area contributed by atoms with Crippen molar-refractivity contribution in [2.45, 2.75) is 23.8 Å². The second-order valence-electron chi connectivity index (χ2n) is 6.24. The third kappa shape index (κ3) is 3.66. The van der Waals surface area contributed by atoms with Gasteiger partial charge in [0.25, 0.3) is 5.91 Å². The first-order valence-electron chi connectivity index (χ1n) is 8.35. The van der Waals surface area contributed by atoms with Crippen LogP contribution in [0.15, 0.2) is 47.4 Å². The van der Waals surface area contributed by atoms with Gasteiger partial charge in [-0.05, 0) is 43.2 Å². The Morgan fingerprint density at radius 1 is 1.00 bits per heavy atom. The molecule has 1 amide bonds. The molecule has 26 heavy (non-hydrogen) atoms. The number of nitrogens with one attached hydrogen (secondary N) is 2. The first-order valence-corrected chi connectivity index (χ1v) is 9.83. The lowest BCUT2D eigenvalue weighted by molar-refractivity contribution is 0.102. The SMILES string of the molecule is O=C(Nc1ccc2c(c1)OCCO2)c1cccc(S(=O)(=O)NC2CC2)c1. The Labute approximate surface area is 151 Å². The molecule has 1 aliphatic carbocycles. The Bertz CT molecular complexity index is 954. The zero-order chi connectivity index (χ0) is 18.1. The van der Waals surface area contributed by atoms with Crippen molar-refractivity contribution in [3.05, 3.63) is 48.0 Å². The summed E-state index contributed by atoms with van der Waals surface area (Å²) < 4.78 is 38.2. The van der Waals surface area contributed by atoms with E-state index in [-0.39, 0.29) is 16.5 Å². The number of amides is 1. The largest absolute Gasteiger partial charge is 0.486 e. The van der Waals surface area contributed by atoms with Crippen LogP contribution in [0.3, 0.4) is 0 Å². The van der Waals surface area contributed by atoms with Crippen molar-refractivity contribution in [2.75, 3.05) is 18.5 Å². The van der Waals surface area contributed by atoms with Gasteiger partial charge in [0.05, 0.1) is 4.90 Å². The molecule has 4 rings (SSSR count). The second kappa shape index (κ2) is 6.62. The fourth-order valence-electron chi connectivity index (χ4n) is 2.62. The van der Waals surface area contributed by atoms with Crippen LogP contribution in [0.2, 0.25) is 0 Å². The van der Waals surface area contributed by atoms with Crippen molar-refractivity contribution in [2.24, 2.45) is 0 Å². The Balaban J connectivity index is 1.52. The van der Waals surface area contributed by atoms with Gasteiger partial charge in [0.1, 0.15) is 13.2 Å². The van der Waals surface area contributed by atoms with Crippen LogP contribution in [0, 0.1) is 0 Å². The number of hydrogen-bond donors (Lipinski definition) is 2. The first-order chi connectivity index (χ1) is 12.5. The molecule has 0 atom stereocenters. The zero-order valence-corrected chi connectivity index (χ0v) is 14.7. The minimum Gasteiger partial charge on any atom is -0.486 e. The molecule has 7 nitrogen and oxygen atoms in total. The average Bonchev–Trinajstić information content (AvgIpc) is 3.45. The number of carbonyl (C=O) groups excluding carboxylic acids is 1. The van der Waals surface area contributed by atoms with E-state index < -0.39 is 15.9 Å². The lowest BCUT2D eigenvalue weighted by Crippen LogP contribution is -2.26. The van der Waals surface area contributed by atoms with Gasteiger partial charge >= 0.3 is 0 Å². The molecule has 1 heterocycles. The van der Waals surface area contributed by atoms with Crippen molar-refractivity contribution in [1.29, 1.82) is 0 Å². The van der Waals surface area contributed by atoms with E-state index in [1.54, 1.807) is 30.3 Å². The number of fused-ring (bicyclic) bond motifs is 1. The van der Waals surface area contributed by atoms with Crippen LogP contribution in [-0.4, -0.2) is 33.6 Å². The van der Waals surface area contributed by atoms with E-state index in [0.717, 1.165) is 12.8 Å². The molecule has 8 heteroatoms. The molecule has 1 aliphatic heterocycles. The van der Waals surface area contributed by atoms with Crippen LogP contribution in [0.1, 0.15) is 23.2 Å². The molecule has 0 unspecified atom stereocenters. The molecule has 136 valence electrons. The third-order valence-electron chi connectivity index (χ3n) is 4.11. The second-order valence-corrected chi connectivity index (χ2v) is 7.95. The lowest BCUT2D eigenvalue weighted by atomic mass is 10.2. The Morgan fingerprint density at radius 2 is 1.77 bits per heavy atom. The summed E-state index contributed by atoms with van der Waals surface area (Å²) in [6, 6.07) is 11.1. The summed E-state index contributed by atoms with van der Waals surface area (Å²) in [6.45, 7) is 0.952. The highest BCUT2D eigenvalue weighted by Gasteiger charge is 2.28. The maximum atomic E-state index is 12.5. The number of carbonyl (C=O) groups is 1. The highest BCUT2D eigenvalue weighted by molar-refractivity contribution is 7.89. The standard InChI is InChI=1S/C18H18N2O5S/c21-18(19-14-6-7-16-17(11-14)25-9-8-24-16)12-2-1-3-15(10-12)26(22,23)20-13-4-5-13/h1-3,6-7,10-11,13,20H,4-5,8-9H2,(H,19,21). The van der Waals surface area contributed by atoms with E-state index in [0.29, 0.717) is 30.4 Å². The number of rotatable bonds is 5. The minimum atomic E-state index is -3.60.